The van der Waals surface area contributed by atoms with Crippen LogP contribution in [-0.4, -0.2) is 18.7 Å². The summed E-state index contributed by atoms with van der Waals surface area (Å²) < 4.78 is 5.15. The number of rotatable bonds is 3. The number of methoxy groups -OCH3 is 1. The fourth-order valence-corrected chi connectivity index (χ4v) is 2.11. The molecule has 0 saturated heterocycles. The second-order valence-corrected chi connectivity index (χ2v) is 4.04. The molecule has 0 N–H and O–H groups in total. The zero-order valence-corrected chi connectivity index (χ0v) is 9.23. The van der Waals surface area contributed by atoms with E-state index in [9.17, 15) is 9.59 Å². The summed E-state index contributed by atoms with van der Waals surface area (Å²) >= 11 is 0. The Balaban J connectivity index is 2.23. The number of hydrogen-bond donors (Lipinski definition) is 0. The van der Waals surface area contributed by atoms with Crippen LogP contribution >= 0.6 is 0 Å². The topological polar surface area (TPSA) is 43.4 Å². The first-order chi connectivity index (χ1) is 7.72. The molecule has 1 aromatic rings. The predicted molar refractivity (Wildman–Crippen MR) is 59.7 cm³/mol. The lowest BCUT2D eigenvalue weighted by Gasteiger charge is -2.10. The van der Waals surface area contributed by atoms with Gasteiger partial charge < -0.3 is 4.74 Å². The Morgan fingerprint density at radius 3 is 2.75 bits per heavy atom. The van der Waals surface area contributed by atoms with Gasteiger partial charge in [-0.15, -0.1) is 0 Å². The highest BCUT2D eigenvalue weighted by atomic mass is 16.5. The Labute approximate surface area is 94.4 Å². The van der Waals surface area contributed by atoms with Gasteiger partial charge in [0.05, 0.1) is 12.7 Å². The SMILES string of the molecule is COc1ccccc1C(=O)C1CCC(=O)C1. The van der Waals surface area contributed by atoms with Crippen LogP contribution in [0.25, 0.3) is 0 Å². The molecule has 2 rings (SSSR count). The number of ether oxygens (including phenoxy) is 1. The van der Waals surface area contributed by atoms with Crippen LogP contribution < -0.4 is 4.74 Å². The van der Waals surface area contributed by atoms with Crippen LogP contribution in [0.5, 0.6) is 5.75 Å². The van der Waals surface area contributed by atoms with Crippen LogP contribution in [0, 0.1) is 5.92 Å². The molecule has 0 aromatic heterocycles. The van der Waals surface area contributed by atoms with Gasteiger partial charge in [0, 0.05) is 18.8 Å². The monoisotopic (exact) mass is 218 g/mol. The van der Waals surface area contributed by atoms with Gasteiger partial charge in [-0.1, -0.05) is 12.1 Å². The molecule has 3 nitrogen and oxygen atoms in total. The van der Waals surface area contributed by atoms with Crippen molar-refractivity contribution in [2.45, 2.75) is 19.3 Å². The number of para-hydroxylation sites is 1. The van der Waals surface area contributed by atoms with Crippen LogP contribution in [-0.2, 0) is 4.79 Å². The molecule has 1 aromatic carbocycles. The van der Waals surface area contributed by atoms with E-state index >= 15 is 0 Å². The van der Waals surface area contributed by atoms with Crippen molar-refractivity contribution < 1.29 is 14.3 Å². The van der Waals surface area contributed by atoms with Crippen molar-refractivity contribution in [1.29, 1.82) is 0 Å². The first-order valence-electron chi connectivity index (χ1n) is 5.41. The maximum atomic E-state index is 12.1. The molecule has 0 amide bonds. The minimum absolute atomic E-state index is 0.0308. The number of Topliss-reactive ketones (excluding diaryl/α,β-unsaturated/α-hetero) is 2. The van der Waals surface area contributed by atoms with Gasteiger partial charge in [0.2, 0.25) is 0 Å². The molecule has 1 saturated carbocycles. The van der Waals surface area contributed by atoms with Crippen molar-refractivity contribution in [1.82, 2.24) is 0 Å². The zero-order chi connectivity index (χ0) is 11.5. The number of ketones is 2. The third kappa shape index (κ3) is 1.98. The number of carbonyl (C=O) groups excluding carboxylic acids is 2. The molecule has 1 aliphatic rings. The smallest absolute Gasteiger partial charge is 0.170 e. The maximum absolute atomic E-state index is 12.1. The van der Waals surface area contributed by atoms with E-state index in [0.29, 0.717) is 30.6 Å². The zero-order valence-electron chi connectivity index (χ0n) is 9.23. The van der Waals surface area contributed by atoms with Gasteiger partial charge in [-0.25, -0.2) is 0 Å². The summed E-state index contributed by atoms with van der Waals surface area (Å²) in [4.78, 5) is 23.3. The average molecular weight is 218 g/mol. The normalized spacial score (nSPS) is 19.8. The first-order valence-corrected chi connectivity index (χ1v) is 5.41. The Kier molecular flexibility index (Phi) is 3.04. The van der Waals surface area contributed by atoms with Gasteiger partial charge in [0.1, 0.15) is 11.5 Å². The van der Waals surface area contributed by atoms with Crippen LogP contribution in [0.1, 0.15) is 29.6 Å². The molecule has 1 aliphatic carbocycles. The lowest BCUT2D eigenvalue weighted by atomic mass is 9.96. The number of hydrogen-bond acceptors (Lipinski definition) is 3. The highest BCUT2D eigenvalue weighted by molar-refractivity contribution is 6.03. The summed E-state index contributed by atoms with van der Waals surface area (Å²) in [6.07, 6.45) is 1.60. The molecule has 0 aliphatic heterocycles. The van der Waals surface area contributed by atoms with E-state index in [0.717, 1.165) is 0 Å². The Hall–Kier alpha value is -1.64. The summed E-state index contributed by atoms with van der Waals surface area (Å²) in [6, 6.07) is 7.16. The average Bonchev–Trinajstić information content (AvgIpc) is 2.75. The van der Waals surface area contributed by atoms with Crippen molar-refractivity contribution >= 4 is 11.6 Å². The molecule has 1 fully saturated rings. The first kappa shape index (κ1) is 10.9. The van der Waals surface area contributed by atoms with E-state index in [1.807, 2.05) is 12.1 Å². The van der Waals surface area contributed by atoms with Gasteiger partial charge in [0.25, 0.3) is 0 Å². The second-order valence-electron chi connectivity index (χ2n) is 4.04. The standard InChI is InChI=1S/C13H14O3/c1-16-12-5-3-2-4-11(12)13(15)9-6-7-10(14)8-9/h2-5,9H,6-8H2,1H3. The minimum atomic E-state index is -0.149. The van der Waals surface area contributed by atoms with E-state index in [2.05, 4.69) is 0 Å². The fourth-order valence-electron chi connectivity index (χ4n) is 2.11. The van der Waals surface area contributed by atoms with Crippen molar-refractivity contribution in [2.75, 3.05) is 7.11 Å². The summed E-state index contributed by atoms with van der Waals surface area (Å²) in [7, 11) is 1.55. The second kappa shape index (κ2) is 4.47. The van der Waals surface area contributed by atoms with Gasteiger partial charge in [-0.05, 0) is 18.6 Å². The minimum Gasteiger partial charge on any atom is -0.496 e. The van der Waals surface area contributed by atoms with Crippen LogP contribution in [0.15, 0.2) is 24.3 Å². The summed E-state index contributed by atoms with van der Waals surface area (Å²) in [6.45, 7) is 0. The molecule has 16 heavy (non-hydrogen) atoms. The third-order valence-corrected chi connectivity index (χ3v) is 2.99. The van der Waals surface area contributed by atoms with Crippen LogP contribution in [0.3, 0.4) is 0 Å². The molecule has 0 radical (unpaired) electrons. The quantitative estimate of drug-likeness (QED) is 0.731. The van der Waals surface area contributed by atoms with Crippen molar-refractivity contribution in [3.05, 3.63) is 29.8 Å². The van der Waals surface area contributed by atoms with E-state index in [1.165, 1.54) is 0 Å². The molecule has 0 spiro atoms. The predicted octanol–water partition coefficient (Wildman–Crippen LogP) is 2.25. The fraction of sp³-hybridized carbons (Fsp3) is 0.385. The van der Waals surface area contributed by atoms with Crippen molar-refractivity contribution in [2.24, 2.45) is 5.92 Å². The summed E-state index contributed by atoms with van der Waals surface area (Å²) in [5.41, 5.74) is 0.588. The molecule has 0 heterocycles. The van der Waals surface area contributed by atoms with Gasteiger partial charge in [-0.2, -0.15) is 0 Å². The third-order valence-electron chi connectivity index (χ3n) is 2.99. The van der Waals surface area contributed by atoms with Gasteiger partial charge in [-0.3, -0.25) is 9.59 Å². The number of benzene rings is 1. The van der Waals surface area contributed by atoms with E-state index in [4.69, 9.17) is 4.74 Å². The largest absolute Gasteiger partial charge is 0.496 e. The summed E-state index contributed by atoms with van der Waals surface area (Å²) in [5, 5.41) is 0. The van der Waals surface area contributed by atoms with E-state index in [1.54, 1.807) is 19.2 Å². The van der Waals surface area contributed by atoms with Crippen LogP contribution in [0.4, 0.5) is 0 Å². The molecule has 3 heteroatoms. The Bertz CT molecular complexity index is 423. The lowest BCUT2D eigenvalue weighted by molar-refractivity contribution is -0.117. The van der Waals surface area contributed by atoms with Crippen LogP contribution in [0.2, 0.25) is 0 Å². The van der Waals surface area contributed by atoms with Crippen molar-refractivity contribution in [3.63, 3.8) is 0 Å². The van der Waals surface area contributed by atoms with Gasteiger partial charge in [0.15, 0.2) is 5.78 Å². The molecule has 1 unspecified atom stereocenters. The summed E-state index contributed by atoms with van der Waals surface area (Å²) in [5.74, 6) is 0.659. The molecule has 1 atom stereocenters. The van der Waals surface area contributed by atoms with E-state index < -0.39 is 0 Å². The maximum Gasteiger partial charge on any atom is 0.170 e. The number of carbonyl (C=O) groups is 2. The molecular weight excluding hydrogens is 204 g/mol. The van der Waals surface area contributed by atoms with Gasteiger partial charge >= 0.3 is 0 Å². The van der Waals surface area contributed by atoms with E-state index in [-0.39, 0.29) is 17.5 Å². The molecule has 84 valence electrons. The lowest BCUT2D eigenvalue weighted by Crippen LogP contribution is -2.12. The Morgan fingerprint density at radius 1 is 1.38 bits per heavy atom. The Morgan fingerprint density at radius 2 is 2.12 bits per heavy atom. The molecular formula is C13H14O3. The molecule has 0 bridgehead atoms. The highest BCUT2D eigenvalue weighted by Gasteiger charge is 2.30. The van der Waals surface area contributed by atoms with Crippen molar-refractivity contribution in [3.8, 4) is 5.75 Å². The highest BCUT2D eigenvalue weighted by Crippen LogP contribution is 2.29.